The first-order chi connectivity index (χ1) is 14.1. The minimum absolute atomic E-state index is 0.0418. The van der Waals surface area contributed by atoms with Gasteiger partial charge in [0.25, 0.3) is 0 Å². The average molecular weight is 513 g/mol. The van der Waals surface area contributed by atoms with Crippen LogP contribution in [0.4, 0.5) is 26.3 Å². The van der Waals surface area contributed by atoms with E-state index in [1.54, 1.807) is 0 Å². The van der Waals surface area contributed by atoms with Crippen LogP contribution in [-0.2, 0) is 0 Å². The van der Waals surface area contributed by atoms with Crippen LogP contribution in [0.1, 0.15) is 27.2 Å². The normalized spacial score (nSPS) is 47.5. The molecule has 0 spiro atoms. The largest absolute Gasteiger partial charge is 0.417 e. The number of allylic oxidation sites excluding steroid dienone is 2. The van der Waals surface area contributed by atoms with E-state index in [4.69, 9.17) is 0 Å². The van der Waals surface area contributed by atoms with Crippen molar-refractivity contribution in [2.45, 2.75) is 100 Å². The van der Waals surface area contributed by atoms with Crippen LogP contribution in [0.15, 0.2) is 10.9 Å². The van der Waals surface area contributed by atoms with Crippen LogP contribution in [0, 0.1) is 29.1 Å². The van der Waals surface area contributed by atoms with Gasteiger partial charge in [0.05, 0.1) is 19.0 Å². The highest BCUT2D eigenvalue weighted by Gasteiger charge is 2.98. The molecular formula is C23H35F6PSi2. The molecule has 0 aromatic heterocycles. The van der Waals surface area contributed by atoms with Crippen molar-refractivity contribution in [2.75, 3.05) is 0 Å². The first-order valence-electron chi connectivity index (χ1n) is 11.8. The topological polar surface area (TPSA) is 0 Å². The zero-order chi connectivity index (χ0) is 24.4. The molecule has 3 aliphatic heterocycles. The first-order valence-corrected chi connectivity index (χ1v) is 20.3. The van der Waals surface area contributed by atoms with Gasteiger partial charge in [-0.25, -0.2) is 0 Å². The Hall–Kier alpha value is 0.184. The molecule has 0 N–H and O–H groups in total. The van der Waals surface area contributed by atoms with Crippen molar-refractivity contribution in [1.29, 1.82) is 0 Å². The Labute approximate surface area is 190 Å². The van der Waals surface area contributed by atoms with E-state index in [0.717, 1.165) is 6.42 Å². The lowest BCUT2D eigenvalue weighted by Gasteiger charge is -2.65. The van der Waals surface area contributed by atoms with Gasteiger partial charge in [0.2, 0.25) is 0 Å². The molecule has 32 heavy (non-hydrogen) atoms. The predicted octanol–water partition coefficient (Wildman–Crippen LogP) is 8.71. The molecule has 0 radical (unpaired) electrons. The number of rotatable bonds is 2. The summed E-state index contributed by atoms with van der Waals surface area (Å²) in [5.74, 6) is 0.242. The fourth-order valence-corrected chi connectivity index (χ4v) is 23.0. The van der Waals surface area contributed by atoms with Crippen LogP contribution in [0.25, 0.3) is 0 Å². The Kier molecular flexibility index (Phi) is 4.31. The molecule has 182 valence electrons. The van der Waals surface area contributed by atoms with E-state index in [9.17, 15) is 26.3 Å². The minimum Gasteiger partial charge on any atom is -0.166 e. The summed E-state index contributed by atoms with van der Waals surface area (Å²) in [6.07, 6.45) is -8.79. The summed E-state index contributed by atoms with van der Waals surface area (Å²) in [7, 11) is -6.30. The van der Waals surface area contributed by atoms with Gasteiger partial charge in [0.15, 0.2) is 0 Å². The van der Waals surface area contributed by atoms with Gasteiger partial charge in [-0.2, -0.15) is 26.3 Å². The van der Waals surface area contributed by atoms with Crippen molar-refractivity contribution >= 4 is 24.1 Å². The van der Waals surface area contributed by atoms with Gasteiger partial charge < -0.3 is 0 Å². The zero-order valence-electron chi connectivity index (χ0n) is 20.4. The van der Waals surface area contributed by atoms with Crippen LogP contribution in [0.2, 0.25) is 49.9 Å². The van der Waals surface area contributed by atoms with E-state index in [0.29, 0.717) is 11.5 Å². The third-order valence-electron chi connectivity index (χ3n) is 10.2. The van der Waals surface area contributed by atoms with Crippen molar-refractivity contribution in [3.63, 3.8) is 0 Å². The van der Waals surface area contributed by atoms with E-state index < -0.39 is 68.6 Å². The molecule has 2 saturated heterocycles. The maximum Gasteiger partial charge on any atom is 0.417 e. The summed E-state index contributed by atoms with van der Waals surface area (Å²) < 4.78 is 88.4. The van der Waals surface area contributed by atoms with Crippen molar-refractivity contribution in [1.82, 2.24) is 0 Å². The summed E-state index contributed by atoms with van der Waals surface area (Å²) in [5, 5.41) is -2.95. The maximum atomic E-state index is 14.8. The highest BCUT2D eigenvalue weighted by molar-refractivity contribution is 7.66. The molecule has 5 fully saturated rings. The van der Waals surface area contributed by atoms with Crippen molar-refractivity contribution in [3.05, 3.63) is 10.9 Å². The quantitative estimate of drug-likeness (QED) is 0.197. The SMILES string of the molecule is CC(C)(C)[C@]12[C@@H]3[C@H]4C[C@H]([Si](C)(C)C)[C@H]4[C@H]4P1C(C(F)(F)F)=C(C(F)(F)F)[C@]4([Si](C)(C)C)[C@@H]32. The lowest BCUT2D eigenvalue weighted by molar-refractivity contribution is -0.116. The number of halogens is 6. The van der Waals surface area contributed by atoms with Crippen molar-refractivity contribution in [3.8, 4) is 0 Å². The second-order valence-corrected chi connectivity index (χ2v) is 27.5. The van der Waals surface area contributed by atoms with Crippen LogP contribution < -0.4 is 0 Å². The third-order valence-corrected chi connectivity index (χ3v) is 20.9. The smallest absolute Gasteiger partial charge is 0.166 e. The number of hydrogen-bond donors (Lipinski definition) is 0. The van der Waals surface area contributed by atoms with Crippen molar-refractivity contribution < 1.29 is 26.3 Å². The molecule has 1 unspecified atom stereocenters. The van der Waals surface area contributed by atoms with Crippen LogP contribution in [0.3, 0.4) is 0 Å². The molecular weight excluding hydrogens is 477 g/mol. The summed E-state index contributed by atoms with van der Waals surface area (Å²) in [5.41, 5.74) is -1.59. The van der Waals surface area contributed by atoms with E-state index in [1.807, 2.05) is 40.4 Å². The minimum atomic E-state index is -4.91. The number of hydrogen-bond acceptors (Lipinski definition) is 0. The molecule has 0 amide bonds. The average Bonchev–Trinajstić information content (AvgIpc) is 2.97. The van der Waals surface area contributed by atoms with Crippen LogP contribution >= 0.6 is 7.92 Å². The summed E-state index contributed by atoms with van der Waals surface area (Å²) in [6, 6.07) is 0. The van der Waals surface area contributed by atoms with Gasteiger partial charge in [-0.05, 0) is 46.7 Å². The van der Waals surface area contributed by atoms with E-state index in [-0.39, 0.29) is 17.8 Å². The molecule has 6 aliphatic rings. The summed E-state index contributed by atoms with van der Waals surface area (Å²) in [6.45, 7) is 18.6. The molecule has 9 atom stereocenters. The van der Waals surface area contributed by atoms with Crippen LogP contribution in [-0.4, -0.2) is 39.3 Å². The van der Waals surface area contributed by atoms with Gasteiger partial charge in [-0.3, -0.25) is 0 Å². The lowest BCUT2D eigenvalue weighted by Crippen LogP contribution is -2.62. The molecule has 3 saturated carbocycles. The zero-order valence-corrected chi connectivity index (χ0v) is 23.3. The molecule has 0 aromatic rings. The molecule has 3 aliphatic carbocycles. The van der Waals surface area contributed by atoms with E-state index >= 15 is 0 Å². The van der Waals surface area contributed by atoms with Crippen molar-refractivity contribution in [2.24, 2.45) is 29.1 Å². The summed E-state index contributed by atoms with van der Waals surface area (Å²) >= 11 is 0. The Balaban J connectivity index is 1.86. The molecule has 0 nitrogen and oxygen atoms in total. The molecule has 3 heterocycles. The van der Waals surface area contributed by atoms with Gasteiger partial charge >= 0.3 is 12.4 Å². The van der Waals surface area contributed by atoms with E-state index in [2.05, 4.69) is 19.6 Å². The van der Waals surface area contributed by atoms with Gasteiger partial charge in [0, 0.05) is 18.3 Å². The van der Waals surface area contributed by atoms with Gasteiger partial charge in [-0.1, -0.05) is 68.0 Å². The van der Waals surface area contributed by atoms with E-state index in [1.165, 1.54) is 0 Å². The van der Waals surface area contributed by atoms with Crippen LogP contribution in [0.5, 0.6) is 0 Å². The first kappa shape index (κ1) is 23.9. The second-order valence-electron chi connectivity index (χ2n) is 14.2. The Morgan fingerprint density at radius 3 is 1.78 bits per heavy atom. The second kappa shape index (κ2) is 5.77. The summed E-state index contributed by atoms with van der Waals surface area (Å²) in [4.78, 5) is 0. The lowest BCUT2D eigenvalue weighted by atomic mass is 9.60. The fraction of sp³-hybridized carbons (Fsp3) is 0.913. The molecule has 0 aromatic carbocycles. The van der Waals surface area contributed by atoms with Gasteiger partial charge in [0.1, 0.15) is 0 Å². The molecule has 6 rings (SSSR count). The number of alkyl halides is 6. The highest BCUT2D eigenvalue weighted by Crippen LogP contribution is 3.07. The maximum absolute atomic E-state index is 14.8. The molecule has 9 heteroatoms. The third kappa shape index (κ3) is 2.28. The fourth-order valence-electron chi connectivity index (χ4n) is 9.69. The molecule has 6 bridgehead atoms. The Morgan fingerprint density at radius 2 is 1.41 bits per heavy atom. The Bertz CT molecular complexity index is 915. The highest BCUT2D eigenvalue weighted by atomic mass is 31.1. The predicted molar refractivity (Wildman–Crippen MR) is 124 cm³/mol. The monoisotopic (exact) mass is 512 g/mol. The van der Waals surface area contributed by atoms with Gasteiger partial charge in [-0.15, -0.1) is 0 Å². The Morgan fingerprint density at radius 1 is 0.875 bits per heavy atom. The standard InChI is InChI=1S/C23H35F6PSi2/c1-19(2,3)21-14-11-10-12(31(4,5)6)13(11)17-20(15(14)21,32(7,8)9)16(22(24,25)26)18(30(17)21)23(27,28)29/h11-15,17H,10H2,1-9H3/t11-,12-,13-,14+,15+,17+,20+,21+,30?/m0/s1.